The molecule has 1 atom stereocenters. The molecule has 0 aliphatic carbocycles. The molecule has 22 heavy (non-hydrogen) atoms. The molecule has 2 heterocycles. The van der Waals surface area contributed by atoms with Gasteiger partial charge < -0.3 is 9.88 Å². The van der Waals surface area contributed by atoms with Crippen LogP contribution >= 0.6 is 0 Å². The fourth-order valence-corrected chi connectivity index (χ4v) is 2.18. The first-order valence-corrected chi connectivity index (χ1v) is 7.29. The van der Waals surface area contributed by atoms with E-state index in [4.69, 9.17) is 0 Å². The lowest BCUT2D eigenvalue weighted by Gasteiger charge is -2.31. The predicted molar refractivity (Wildman–Crippen MR) is 85.6 cm³/mol. The molecule has 120 valence electrons. The summed E-state index contributed by atoms with van der Waals surface area (Å²) >= 11 is 0. The molecule has 7 heteroatoms. The number of carbonyl (C=O) groups excluding carboxylic acids is 1. The Labute approximate surface area is 130 Å². The lowest BCUT2D eigenvalue weighted by molar-refractivity contribution is 0.218. The maximum Gasteiger partial charge on any atom is 0.320 e. The molecule has 2 amide bonds. The number of hydrogen-bond acceptors (Lipinski definition) is 3. The first-order chi connectivity index (χ1) is 10.3. The van der Waals surface area contributed by atoms with Crippen molar-refractivity contribution in [2.75, 3.05) is 5.32 Å². The van der Waals surface area contributed by atoms with Crippen LogP contribution in [0, 0.1) is 12.3 Å². The number of aryl methyl sites for hydroxylation is 2. The van der Waals surface area contributed by atoms with E-state index in [9.17, 15) is 4.79 Å². The summed E-state index contributed by atoms with van der Waals surface area (Å²) < 4.78 is 3.61. The van der Waals surface area contributed by atoms with Crippen molar-refractivity contribution in [3.8, 4) is 0 Å². The van der Waals surface area contributed by atoms with E-state index in [0.29, 0.717) is 12.4 Å². The minimum absolute atomic E-state index is 0.0315. The van der Waals surface area contributed by atoms with Gasteiger partial charge in [-0.05, 0) is 12.3 Å². The molecule has 0 aliphatic heterocycles. The molecule has 0 saturated heterocycles. The fraction of sp³-hybridized carbons (Fsp3) is 0.533. The second kappa shape index (κ2) is 6.21. The first-order valence-electron chi connectivity index (χ1n) is 7.29. The Morgan fingerprint density at radius 3 is 2.64 bits per heavy atom. The Balaban J connectivity index is 2.03. The molecule has 0 spiro atoms. The van der Waals surface area contributed by atoms with Crippen LogP contribution < -0.4 is 10.6 Å². The average Bonchev–Trinajstić information content (AvgIpc) is 2.98. The van der Waals surface area contributed by atoms with Crippen molar-refractivity contribution in [2.45, 2.75) is 40.3 Å². The molecule has 0 aliphatic rings. The Morgan fingerprint density at radius 1 is 1.41 bits per heavy atom. The molecule has 0 saturated carbocycles. The SMILES string of the molecule is Cc1cc(NC(=O)N[C@@H](Cn2ccnc2)C(C)(C)C)n(C)n1. The number of amides is 2. The summed E-state index contributed by atoms with van der Waals surface area (Å²) in [7, 11) is 1.80. The average molecular weight is 304 g/mol. The summed E-state index contributed by atoms with van der Waals surface area (Å²) in [5, 5.41) is 10.1. The van der Waals surface area contributed by atoms with Crippen molar-refractivity contribution in [3.63, 3.8) is 0 Å². The highest BCUT2D eigenvalue weighted by molar-refractivity contribution is 5.88. The van der Waals surface area contributed by atoms with Crippen LogP contribution in [0.3, 0.4) is 0 Å². The number of imidazole rings is 1. The van der Waals surface area contributed by atoms with E-state index < -0.39 is 0 Å². The van der Waals surface area contributed by atoms with Crippen molar-refractivity contribution < 1.29 is 4.79 Å². The summed E-state index contributed by atoms with van der Waals surface area (Å²) in [6, 6.07) is 1.57. The number of aromatic nitrogens is 4. The Morgan fingerprint density at radius 2 is 2.14 bits per heavy atom. The maximum atomic E-state index is 12.3. The largest absolute Gasteiger partial charge is 0.335 e. The Kier molecular flexibility index (Phi) is 4.54. The van der Waals surface area contributed by atoms with E-state index in [1.807, 2.05) is 23.8 Å². The third-order valence-electron chi connectivity index (χ3n) is 3.55. The summed E-state index contributed by atoms with van der Waals surface area (Å²) in [5.41, 5.74) is 0.785. The molecule has 2 aromatic heterocycles. The smallest absolute Gasteiger partial charge is 0.320 e. The molecule has 0 fully saturated rings. The molecule has 2 N–H and O–H groups in total. The van der Waals surface area contributed by atoms with Gasteiger partial charge in [-0.1, -0.05) is 20.8 Å². The third-order valence-corrected chi connectivity index (χ3v) is 3.55. The molecule has 2 aromatic rings. The van der Waals surface area contributed by atoms with Crippen LogP contribution in [0.15, 0.2) is 24.8 Å². The van der Waals surface area contributed by atoms with Gasteiger partial charge in [0.15, 0.2) is 0 Å². The molecule has 0 radical (unpaired) electrons. The van der Waals surface area contributed by atoms with Crippen LogP contribution in [-0.4, -0.2) is 31.4 Å². The second-order valence-corrected chi connectivity index (χ2v) is 6.57. The van der Waals surface area contributed by atoms with Crippen molar-refractivity contribution in [3.05, 3.63) is 30.5 Å². The van der Waals surface area contributed by atoms with Crippen LogP contribution in [0.25, 0.3) is 0 Å². The van der Waals surface area contributed by atoms with Gasteiger partial charge in [-0.2, -0.15) is 5.10 Å². The van der Waals surface area contributed by atoms with E-state index in [1.165, 1.54) is 0 Å². The fourth-order valence-electron chi connectivity index (χ4n) is 2.18. The third kappa shape index (κ3) is 4.09. The summed E-state index contributed by atoms with van der Waals surface area (Å²) in [5.74, 6) is 0.672. The monoisotopic (exact) mass is 304 g/mol. The van der Waals surface area contributed by atoms with E-state index in [0.717, 1.165) is 5.69 Å². The minimum atomic E-state index is -0.233. The molecule has 0 aromatic carbocycles. The zero-order chi connectivity index (χ0) is 16.3. The van der Waals surface area contributed by atoms with Gasteiger partial charge >= 0.3 is 6.03 Å². The topological polar surface area (TPSA) is 76.8 Å². The van der Waals surface area contributed by atoms with E-state index in [2.05, 4.69) is 41.5 Å². The van der Waals surface area contributed by atoms with Crippen molar-refractivity contribution in [1.82, 2.24) is 24.6 Å². The second-order valence-electron chi connectivity index (χ2n) is 6.57. The Hall–Kier alpha value is -2.31. The lowest BCUT2D eigenvalue weighted by Crippen LogP contribution is -2.48. The number of carbonyl (C=O) groups is 1. The van der Waals surface area contributed by atoms with Gasteiger partial charge in [-0.15, -0.1) is 0 Å². The van der Waals surface area contributed by atoms with Gasteiger partial charge in [0.05, 0.1) is 18.1 Å². The molecule has 0 unspecified atom stereocenters. The van der Waals surface area contributed by atoms with Gasteiger partial charge in [0, 0.05) is 32.1 Å². The number of hydrogen-bond donors (Lipinski definition) is 2. The van der Waals surface area contributed by atoms with Crippen LogP contribution in [0.2, 0.25) is 0 Å². The highest BCUT2D eigenvalue weighted by Crippen LogP contribution is 2.21. The zero-order valence-electron chi connectivity index (χ0n) is 13.8. The number of rotatable bonds is 4. The van der Waals surface area contributed by atoms with Gasteiger partial charge in [-0.25, -0.2) is 9.78 Å². The predicted octanol–water partition coefficient (Wildman–Crippen LogP) is 2.16. The van der Waals surface area contributed by atoms with Crippen molar-refractivity contribution >= 4 is 11.8 Å². The quantitative estimate of drug-likeness (QED) is 0.908. The van der Waals surface area contributed by atoms with Gasteiger partial charge in [0.2, 0.25) is 0 Å². The van der Waals surface area contributed by atoms with Gasteiger partial charge in [-0.3, -0.25) is 10.00 Å². The van der Waals surface area contributed by atoms with Crippen molar-refractivity contribution in [1.29, 1.82) is 0 Å². The molecular weight excluding hydrogens is 280 g/mol. The lowest BCUT2D eigenvalue weighted by atomic mass is 9.86. The summed E-state index contributed by atoms with van der Waals surface area (Å²) in [6.45, 7) is 8.86. The van der Waals surface area contributed by atoms with Crippen LogP contribution in [0.1, 0.15) is 26.5 Å². The standard InChI is InChI=1S/C15H24N6O/c1-11-8-13(20(5)19-11)18-14(22)17-12(15(2,3)4)9-21-7-6-16-10-21/h6-8,10,12H,9H2,1-5H3,(H2,17,18,22)/t12-/m0/s1. The Bertz CT molecular complexity index is 623. The van der Waals surface area contributed by atoms with Crippen molar-refractivity contribution in [2.24, 2.45) is 12.5 Å². The number of urea groups is 1. The number of nitrogens with one attached hydrogen (secondary N) is 2. The molecule has 0 bridgehead atoms. The van der Waals surface area contributed by atoms with Crippen LogP contribution in [0.4, 0.5) is 10.6 Å². The van der Waals surface area contributed by atoms with Gasteiger partial charge in [0.25, 0.3) is 0 Å². The van der Waals surface area contributed by atoms with E-state index in [-0.39, 0.29) is 17.5 Å². The summed E-state index contributed by atoms with van der Waals surface area (Å²) in [6.07, 6.45) is 5.38. The first kappa shape index (κ1) is 16.1. The normalized spacial score (nSPS) is 13.0. The highest BCUT2D eigenvalue weighted by Gasteiger charge is 2.26. The molecular formula is C15H24N6O. The molecule has 2 rings (SSSR count). The van der Waals surface area contributed by atoms with E-state index in [1.54, 1.807) is 24.3 Å². The zero-order valence-corrected chi connectivity index (χ0v) is 13.8. The van der Waals surface area contributed by atoms with E-state index >= 15 is 0 Å². The molecule has 7 nitrogen and oxygen atoms in total. The number of anilines is 1. The van der Waals surface area contributed by atoms with Crippen LogP contribution in [0.5, 0.6) is 0 Å². The maximum absolute atomic E-state index is 12.3. The van der Waals surface area contributed by atoms with Crippen LogP contribution in [-0.2, 0) is 13.6 Å². The number of nitrogens with zero attached hydrogens (tertiary/aromatic N) is 4. The highest BCUT2D eigenvalue weighted by atomic mass is 16.2. The summed E-state index contributed by atoms with van der Waals surface area (Å²) in [4.78, 5) is 16.3. The minimum Gasteiger partial charge on any atom is -0.335 e. The van der Waals surface area contributed by atoms with Gasteiger partial charge in [0.1, 0.15) is 5.82 Å².